The van der Waals surface area contributed by atoms with Crippen LogP contribution in [0.2, 0.25) is 0 Å². The third-order valence-electron chi connectivity index (χ3n) is 3.21. The van der Waals surface area contributed by atoms with Crippen LogP contribution in [0.15, 0.2) is 29.2 Å². The number of sulfonamides is 1. The second-order valence-electron chi connectivity index (χ2n) is 5.14. The van der Waals surface area contributed by atoms with Crippen molar-refractivity contribution < 1.29 is 18.3 Å². The first kappa shape index (κ1) is 19.6. The zero-order chi connectivity index (χ0) is 17.5. The Balaban J connectivity index is 2.68. The lowest BCUT2D eigenvalue weighted by Gasteiger charge is -2.18. The van der Waals surface area contributed by atoms with Crippen molar-refractivity contribution in [3.63, 3.8) is 0 Å². The first-order valence-electron chi connectivity index (χ1n) is 7.60. The third kappa shape index (κ3) is 5.91. The van der Waals surface area contributed by atoms with Crippen LogP contribution in [0.3, 0.4) is 0 Å². The quantitative estimate of drug-likeness (QED) is 0.611. The molecule has 1 atom stereocenters. The van der Waals surface area contributed by atoms with E-state index in [0.717, 1.165) is 0 Å². The molecule has 1 aromatic rings. The van der Waals surface area contributed by atoms with Crippen LogP contribution >= 0.6 is 0 Å². The summed E-state index contributed by atoms with van der Waals surface area (Å²) in [6.07, 6.45) is -0.521. The number of carbonyl (C=O) groups excluding carboxylic acids is 1. The molecule has 7 nitrogen and oxygen atoms in total. The Morgan fingerprint density at radius 3 is 2.26 bits per heavy atom. The van der Waals surface area contributed by atoms with E-state index in [2.05, 4.69) is 10.6 Å². The zero-order valence-corrected chi connectivity index (χ0v) is 14.6. The first-order valence-corrected chi connectivity index (χ1v) is 9.04. The summed E-state index contributed by atoms with van der Waals surface area (Å²) in [5.74, 6) is -0.259. The van der Waals surface area contributed by atoms with Gasteiger partial charge in [0, 0.05) is 25.3 Å². The van der Waals surface area contributed by atoms with Crippen LogP contribution in [-0.4, -0.2) is 56.0 Å². The van der Waals surface area contributed by atoms with Crippen molar-refractivity contribution >= 4 is 21.6 Å². The van der Waals surface area contributed by atoms with E-state index < -0.39 is 16.1 Å². The lowest BCUT2D eigenvalue weighted by atomic mass is 10.3. The highest BCUT2D eigenvalue weighted by atomic mass is 32.2. The fraction of sp³-hybridized carbons (Fsp3) is 0.533. The molecular formula is C15H25N3O4S. The van der Waals surface area contributed by atoms with Gasteiger partial charge in [0.2, 0.25) is 15.9 Å². The normalized spacial score (nSPS) is 13.1. The molecule has 3 N–H and O–H groups in total. The topological polar surface area (TPSA) is 98.7 Å². The van der Waals surface area contributed by atoms with Gasteiger partial charge in [-0.05, 0) is 31.2 Å². The van der Waals surface area contributed by atoms with Crippen molar-refractivity contribution in [1.82, 2.24) is 9.62 Å². The Kier molecular flexibility index (Phi) is 7.63. The standard InChI is InChI=1S/C15H25N3O4S/c1-4-18(5-2)23(21,22)14-8-6-13(7-9-14)17-15(20)11-16-10-12(3)19/h6-9,12,16,19H,4-5,10-11H2,1-3H3,(H,17,20)/t12-/m0/s1. The van der Waals surface area contributed by atoms with Gasteiger partial charge in [-0.1, -0.05) is 13.8 Å². The molecule has 0 spiro atoms. The number of anilines is 1. The van der Waals surface area contributed by atoms with Gasteiger partial charge in [0.15, 0.2) is 0 Å². The van der Waals surface area contributed by atoms with Crippen LogP contribution in [0.1, 0.15) is 20.8 Å². The monoisotopic (exact) mass is 343 g/mol. The summed E-state index contributed by atoms with van der Waals surface area (Å²) >= 11 is 0. The summed E-state index contributed by atoms with van der Waals surface area (Å²) in [4.78, 5) is 11.9. The summed E-state index contributed by atoms with van der Waals surface area (Å²) in [6, 6.07) is 6.07. The number of carbonyl (C=O) groups is 1. The molecule has 8 heteroatoms. The Labute approximate surface area is 137 Å². The van der Waals surface area contributed by atoms with Crippen LogP contribution in [0.25, 0.3) is 0 Å². The van der Waals surface area contributed by atoms with Crippen molar-refractivity contribution in [2.75, 3.05) is 31.5 Å². The number of nitrogens with one attached hydrogen (secondary N) is 2. The Hall–Kier alpha value is -1.48. The van der Waals surface area contributed by atoms with Crippen LogP contribution < -0.4 is 10.6 Å². The van der Waals surface area contributed by atoms with E-state index in [-0.39, 0.29) is 17.3 Å². The molecule has 0 unspecified atom stereocenters. The predicted octanol–water partition coefficient (Wildman–Crippen LogP) is 0.626. The molecule has 0 aliphatic rings. The minimum Gasteiger partial charge on any atom is -0.392 e. The summed E-state index contributed by atoms with van der Waals surface area (Å²) in [5, 5.41) is 14.6. The number of rotatable bonds is 9. The average molecular weight is 343 g/mol. The molecule has 0 bridgehead atoms. The largest absolute Gasteiger partial charge is 0.392 e. The molecule has 1 aromatic carbocycles. The summed E-state index contributed by atoms with van der Waals surface area (Å²) in [7, 11) is -3.49. The maximum atomic E-state index is 12.3. The molecule has 0 radical (unpaired) electrons. The number of hydrogen-bond donors (Lipinski definition) is 3. The van der Waals surface area contributed by atoms with Crippen molar-refractivity contribution in [3.8, 4) is 0 Å². The number of benzene rings is 1. The molecule has 0 fully saturated rings. The van der Waals surface area contributed by atoms with Crippen LogP contribution in [0, 0.1) is 0 Å². The second kappa shape index (κ2) is 8.97. The lowest BCUT2D eigenvalue weighted by molar-refractivity contribution is -0.115. The average Bonchev–Trinajstić information content (AvgIpc) is 2.48. The van der Waals surface area contributed by atoms with Crippen molar-refractivity contribution in [2.24, 2.45) is 0 Å². The highest BCUT2D eigenvalue weighted by Crippen LogP contribution is 2.18. The van der Waals surface area contributed by atoms with E-state index in [1.807, 2.05) is 0 Å². The number of amides is 1. The zero-order valence-electron chi connectivity index (χ0n) is 13.7. The van der Waals surface area contributed by atoms with Gasteiger partial charge in [-0.2, -0.15) is 4.31 Å². The van der Waals surface area contributed by atoms with E-state index in [9.17, 15) is 13.2 Å². The van der Waals surface area contributed by atoms with Crippen LogP contribution in [0.5, 0.6) is 0 Å². The molecule has 0 aliphatic carbocycles. The van der Waals surface area contributed by atoms with E-state index in [1.165, 1.54) is 16.4 Å². The fourth-order valence-electron chi connectivity index (χ4n) is 2.02. The fourth-order valence-corrected chi connectivity index (χ4v) is 3.48. The number of hydrogen-bond acceptors (Lipinski definition) is 5. The minimum atomic E-state index is -3.49. The molecule has 0 saturated heterocycles. The Bertz CT molecular complexity index is 596. The van der Waals surface area contributed by atoms with E-state index >= 15 is 0 Å². The Morgan fingerprint density at radius 1 is 1.22 bits per heavy atom. The molecule has 0 saturated carbocycles. The van der Waals surface area contributed by atoms with Crippen molar-refractivity contribution in [3.05, 3.63) is 24.3 Å². The predicted molar refractivity (Wildman–Crippen MR) is 89.7 cm³/mol. The molecule has 130 valence electrons. The van der Waals surface area contributed by atoms with E-state index in [1.54, 1.807) is 32.9 Å². The maximum Gasteiger partial charge on any atom is 0.243 e. The minimum absolute atomic E-state index is 0.0738. The summed E-state index contributed by atoms with van der Waals surface area (Å²) < 4.78 is 26.1. The van der Waals surface area contributed by atoms with Gasteiger partial charge >= 0.3 is 0 Å². The molecule has 0 heterocycles. The highest BCUT2D eigenvalue weighted by molar-refractivity contribution is 7.89. The SMILES string of the molecule is CCN(CC)S(=O)(=O)c1ccc(NC(=O)CNC[C@H](C)O)cc1. The van der Waals surface area contributed by atoms with Gasteiger partial charge in [-0.25, -0.2) is 8.42 Å². The van der Waals surface area contributed by atoms with Gasteiger partial charge in [-0.15, -0.1) is 0 Å². The van der Waals surface area contributed by atoms with Gasteiger partial charge in [0.1, 0.15) is 0 Å². The number of aliphatic hydroxyl groups excluding tert-OH is 1. The smallest absolute Gasteiger partial charge is 0.243 e. The van der Waals surface area contributed by atoms with Crippen LogP contribution in [-0.2, 0) is 14.8 Å². The van der Waals surface area contributed by atoms with E-state index in [4.69, 9.17) is 5.11 Å². The van der Waals surface area contributed by atoms with Crippen molar-refractivity contribution in [2.45, 2.75) is 31.8 Å². The van der Waals surface area contributed by atoms with Gasteiger partial charge in [0.25, 0.3) is 0 Å². The highest BCUT2D eigenvalue weighted by Gasteiger charge is 2.21. The second-order valence-corrected chi connectivity index (χ2v) is 7.08. The molecule has 1 rings (SSSR count). The molecule has 1 amide bonds. The van der Waals surface area contributed by atoms with Crippen LogP contribution in [0.4, 0.5) is 5.69 Å². The van der Waals surface area contributed by atoms with Crippen molar-refractivity contribution in [1.29, 1.82) is 0 Å². The van der Waals surface area contributed by atoms with Gasteiger partial charge in [-0.3, -0.25) is 4.79 Å². The van der Waals surface area contributed by atoms with Gasteiger partial charge in [0.05, 0.1) is 17.5 Å². The Morgan fingerprint density at radius 2 is 1.78 bits per heavy atom. The summed E-state index contributed by atoms with van der Waals surface area (Å²) in [5.41, 5.74) is 0.521. The number of nitrogens with zero attached hydrogens (tertiary/aromatic N) is 1. The first-order chi connectivity index (χ1) is 10.8. The molecule has 0 aliphatic heterocycles. The third-order valence-corrected chi connectivity index (χ3v) is 5.27. The lowest BCUT2D eigenvalue weighted by Crippen LogP contribution is -2.32. The van der Waals surface area contributed by atoms with Gasteiger partial charge < -0.3 is 15.7 Å². The molecule has 23 heavy (non-hydrogen) atoms. The number of aliphatic hydroxyl groups is 1. The maximum absolute atomic E-state index is 12.3. The van der Waals surface area contributed by atoms with E-state index in [0.29, 0.717) is 25.3 Å². The summed E-state index contributed by atoms with van der Waals surface area (Å²) in [6.45, 7) is 6.42. The molecular weight excluding hydrogens is 318 g/mol. The molecule has 0 aromatic heterocycles.